The fourth-order valence-corrected chi connectivity index (χ4v) is 1.82. The van der Waals surface area contributed by atoms with Crippen LogP contribution in [0, 0.1) is 0 Å². The van der Waals surface area contributed by atoms with Gasteiger partial charge in [0, 0.05) is 18.8 Å². The van der Waals surface area contributed by atoms with Crippen LogP contribution in [0.3, 0.4) is 0 Å². The van der Waals surface area contributed by atoms with Crippen LogP contribution in [-0.2, 0) is 13.5 Å². The molecular formula is C14H16N2O. The van der Waals surface area contributed by atoms with Crippen LogP contribution in [0.4, 0.5) is 0 Å². The van der Waals surface area contributed by atoms with Gasteiger partial charge in [-0.2, -0.15) is 5.10 Å². The van der Waals surface area contributed by atoms with E-state index in [1.807, 2.05) is 24.3 Å². The number of benzene rings is 1. The quantitative estimate of drug-likeness (QED) is 0.754. The zero-order valence-corrected chi connectivity index (χ0v) is 10.2. The molecule has 88 valence electrons. The van der Waals surface area contributed by atoms with E-state index in [1.54, 1.807) is 24.1 Å². The van der Waals surface area contributed by atoms with Gasteiger partial charge >= 0.3 is 0 Å². The molecule has 3 heteroatoms. The first-order chi connectivity index (χ1) is 8.20. The lowest BCUT2D eigenvalue weighted by Crippen LogP contribution is -2.00. The average Bonchev–Trinajstić information content (AvgIpc) is 2.76. The van der Waals surface area contributed by atoms with E-state index < -0.39 is 0 Å². The molecule has 1 aromatic carbocycles. The SMILES string of the molecule is CCCc1ccc(C(=O)c2cnn(C)c2)cc1. The van der Waals surface area contributed by atoms with E-state index in [2.05, 4.69) is 12.0 Å². The van der Waals surface area contributed by atoms with Crippen LogP contribution in [0.2, 0.25) is 0 Å². The van der Waals surface area contributed by atoms with Crippen LogP contribution in [-0.4, -0.2) is 15.6 Å². The number of ketones is 1. The van der Waals surface area contributed by atoms with Gasteiger partial charge in [0.05, 0.1) is 11.8 Å². The minimum absolute atomic E-state index is 0.0288. The number of aryl methyl sites for hydroxylation is 2. The summed E-state index contributed by atoms with van der Waals surface area (Å²) in [4.78, 5) is 12.1. The van der Waals surface area contributed by atoms with Gasteiger partial charge in [0.25, 0.3) is 0 Å². The lowest BCUT2D eigenvalue weighted by Gasteiger charge is -2.01. The monoisotopic (exact) mass is 228 g/mol. The molecule has 0 saturated carbocycles. The molecule has 0 bridgehead atoms. The van der Waals surface area contributed by atoms with Crippen LogP contribution >= 0.6 is 0 Å². The Morgan fingerprint density at radius 3 is 2.47 bits per heavy atom. The standard InChI is InChI=1S/C14H16N2O/c1-3-4-11-5-7-12(8-6-11)14(17)13-9-15-16(2)10-13/h5-10H,3-4H2,1-2H3. The Labute approximate surface area is 101 Å². The average molecular weight is 228 g/mol. The van der Waals surface area contributed by atoms with Crippen LogP contribution in [0.25, 0.3) is 0 Å². The summed E-state index contributed by atoms with van der Waals surface area (Å²) in [5.41, 5.74) is 2.63. The van der Waals surface area contributed by atoms with E-state index in [-0.39, 0.29) is 5.78 Å². The Balaban J connectivity index is 2.20. The van der Waals surface area contributed by atoms with Gasteiger partial charge in [-0.25, -0.2) is 0 Å². The third kappa shape index (κ3) is 2.61. The smallest absolute Gasteiger partial charge is 0.196 e. The van der Waals surface area contributed by atoms with E-state index in [1.165, 1.54) is 5.56 Å². The Kier molecular flexibility index (Phi) is 3.38. The zero-order chi connectivity index (χ0) is 12.3. The number of carbonyl (C=O) groups is 1. The van der Waals surface area contributed by atoms with Gasteiger partial charge in [0.1, 0.15) is 0 Å². The number of carbonyl (C=O) groups excluding carboxylic acids is 1. The Hall–Kier alpha value is -1.90. The minimum Gasteiger partial charge on any atom is -0.288 e. The van der Waals surface area contributed by atoms with Crippen molar-refractivity contribution in [2.75, 3.05) is 0 Å². The lowest BCUT2D eigenvalue weighted by atomic mass is 10.0. The summed E-state index contributed by atoms with van der Waals surface area (Å²) >= 11 is 0. The molecule has 0 fully saturated rings. The van der Waals surface area contributed by atoms with Crippen molar-refractivity contribution in [2.45, 2.75) is 19.8 Å². The van der Waals surface area contributed by atoms with Crippen molar-refractivity contribution in [1.82, 2.24) is 9.78 Å². The predicted molar refractivity (Wildman–Crippen MR) is 67.1 cm³/mol. The molecule has 1 aromatic heterocycles. The number of aromatic nitrogens is 2. The first-order valence-electron chi connectivity index (χ1n) is 5.83. The fraction of sp³-hybridized carbons (Fsp3) is 0.286. The Morgan fingerprint density at radius 2 is 1.94 bits per heavy atom. The third-order valence-electron chi connectivity index (χ3n) is 2.72. The summed E-state index contributed by atoms with van der Waals surface area (Å²) in [6.45, 7) is 2.15. The van der Waals surface area contributed by atoms with Crippen LogP contribution < -0.4 is 0 Å². The number of nitrogens with zero attached hydrogens (tertiary/aromatic N) is 2. The number of hydrogen-bond acceptors (Lipinski definition) is 2. The summed E-state index contributed by atoms with van der Waals surface area (Å²) in [6.07, 6.45) is 5.52. The largest absolute Gasteiger partial charge is 0.288 e. The molecule has 0 spiro atoms. The van der Waals surface area contributed by atoms with Gasteiger partial charge in [-0.05, 0) is 12.0 Å². The van der Waals surface area contributed by atoms with Crippen LogP contribution in [0.1, 0.15) is 34.8 Å². The van der Waals surface area contributed by atoms with Gasteiger partial charge in [-0.1, -0.05) is 37.6 Å². The van der Waals surface area contributed by atoms with Crippen molar-refractivity contribution in [1.29, 1.82) is 0 Å². The van der Waals surface area contributed by atoms with E-state index in [4.69, 9.17) is 0 Å². The summed E-state index contributed by atoms with van der Waals surface area (Å²) in [6, 6.07) is 7.82. The molecule has 2 aromatic rings. The predicted octanol–water partition coefficient (Wildman–Crippen LogP) is 2.60. The highest BCUT2D eigenvalue weighted by Gasteiger charge is 2.10. The molecule has 0 N–H and O–H groups in total. The van der Waals surface area contributed by atoms with Crippen LogP contribution in [0.5, 0.6) is 0 Å². The first-order valence-corrected chi connectivity index (χ1v) is 5.83. The lowest BCUT2D eigenvalue weighted by molar-refractivity contribution is 0.103. The maximum Gasteiger partial charge on any atom is 0.196 e. The van der Waals surface area contributed by atoms with Crippen molar-refractivity contribution in [2.24, 2.45) is 7.05 Å². The molecule has 0 aliphatic rings. The molecule has 0 aliphatic heterocycles. The Bertz CT molecular complexity index is 511. The normalized spacial score (nSPS) is 10.5. The fourth-order valence-electron chi connectivity index (χ4n) is 1.82. The second-order valence-electron chi connectivity index (χ2n) is 4.18. The minimum atomic E-state index is 0.0288. The summed E-state index contributed by atoms with van der Waals surface area (Å²) in [5.74, 6) is 0.0288. The van der Waals surface area contributed by atoms with E-state index >= 15 is 0 Å². The van der Waals surface area contributed by atoms with Crippen molar-refractivity contribution in [3.8, 4) is 0 Å². The summed E-state index contributed by atoms with van der Waals surface area (Å²) < 4.78 is 1.64. The molecule has 0 atom stereocenters. The van der Waals surface area contributed by atoms with Gasteiger partial charge in [0.2, 0.25) is 0 Å². The maximum atomic E-state index is 12.1. The molecule has 17 heavy (non-hydrogen) atoms. The first kappa shape index (κ1) is 11.6. The summed E-state index contributed by atoms with van der Waals surface area (Å²) in [5, 5.41) is 4.01. The second-order valence-corrected chi connectivity index (χ2v) is 4.18. The third-order valence-corrected chi connectivity index (χ3v) is 2.72. The summed E-state index contributed by atoms with van der Waals surface area (Å²) in [7, 11) is 1.81. The molecule has 3 nitrogen and oxygen atoms in total. The zero-order valence-electron chi connectivity index (χ0n) is 10.2. The molecule has 2 rings (SSSR count). The molecule has 0 radical (unpaired) electrons. The van der Waals surface area contributed by atoms with Gasteiger partial charge in [-0.15, -0.1) is 0 Å². The molecule has 0 unspecified atom stereocenters. The van der Waals surface area contributed by atoms with E-state index in [9.17, 15) is 4.79 Å². The molecule has 1 heterocycles. The van der Waals surface area contributed by atoms with Gasteiger partial charge in [-0.3, -0.25) is 9.48 Å². The molecule has 0 saturated heterocycles. The van der Waals surface area contributed by atoms with Gasteiger partial charge in [0.15, 0.2) is 5.78 Å². The second kappa shape index (κ2) is 4.95. The van der Waals surface area contributed by atoms with Crippen molar-refractivity contribution >= 4 is 5.78 Å². The van der Waals surface area contributed by atoms with E-state index in [0.29, 0.717) is 5.56 Å². The number of rotatable bonds is 4. The maximum absolute atomic E-state index is 12.1. The van der Waals surface area contributed by atoms with Gasteiger partial charge < -0.3 is 0 Å². The highest BCUT2D eigenvalue weighted by molar-refractivity contribution is 6.08. The van der Waals surface area contributed by atoms with Crippen molar-refractivity contribution in [3.05, 3.63) is 53.3 Å². The van der Waals surface area contributed by atoms with Crippen molar-refractivity contribution in [3.63, 3.8) is 0 Å². The van der Waals surface area contributed by atoms with E-state index in [0.717, 1.165) is 18.4 Å². The highest BCUT2D eigenvalue weighted by atomic mass is 16.1. The molecular weight excluding hydrogens is 212 g/mol. The molecule has 0 aliphatic carbocycles. The van der Waals surface area contributed by atoms with Crippen molar-refractivity contribution < 1.29 is 4.79 Å². The topological polar surface area (TPSA) is 34.9 Å². The Morgan fingerprint density at radius 1 is 1.24 bits per heavy atom. The number of hydrogen-bond donors (Lipinski definition) is 0. The molecule has 0 amide bonds. The van der Waals surface area contributed by atoms with Crippen LogP contribution in [0.15, 0.2) is 36.7 Å². The highest BCUT2D eigenvalue weighted by Crippen LogP contribution is 2.11.